The van der Waals surface area contributed by atoms with Crippen LogP contribution in [0, 0.1) is 12.8 Å². The Balaban J connectivity index is 2.72. The molecule has 0 atom stereocenters. The van der Waals surface area contributed by atoms with Crippen LogP contribution in [-0.4, -0.2) is 10.8 Å². The maximum atomic E-state index is 9.73. The molecule has 4 nitrogen and oxygen atoms in total. The van der Waals surface area contributed by atoms with Gasteiger partial charge in [0, 0.05) is 6.07 Å². The molecule has 0 unspecified atom stereocenters. The molecule has 0 fully saturated rings. The average Bonchev–Trinajstić information content (AvgIpc) is 2.50. The third-order valence-electron chi connectivity index (χ3n) is 2.75. The van der Waals surface area contributed by atoms with E-state index in [1.165, 1.54) is 6.26 Å². The summed E-state index contributed by atoms with van der Waals surface area (Å²) in [5.41, 5.74) is 0.0991. The zero-order valence-electron chi connectivity index (χ0n) is 9.94. The van der Waals surface area contributed by atoms with Gasteiger partial charge in [-0.15, -0.1) is 5.23 Å². The maximum absolute atomic E-state index is 9.73. The fourth-order valence-electron chi connectivity index (χ4n) is 0.954. The van der Waals surface area contributed by atoms with E-state index in [-0.39, 0.29) is 0 Å². The van der Waals surface area contributed by atoms with Crippen molar-refractivity contribution < 1.29 is 14.5 Å². The highest BCUT2D eigenvalue weighted by molar-refractivity contribution is 5.43. The summed E-state index contributed by atoms with van der Waals surface area (Å²) in [7, 11) is 0. The van der Waals surface area contributed by atoms with E-state index in [0.29, 0.717) is 17.4 Å². The summed E-state index contributed by atoms with van der Waals surface area (Å²) < 4.78 is 5.08. The maximum Gasteiger partial charge on any atom is 0.135 e. The van der Waals surface area contributed by atoms with Gasteiger partial charge in [-0.1, -0.05) is 13.8 Å². The van der Waals surface area contributed by atoms with Gasteiger partial charge >= 0.3 is 0 Å². The molecule has 0 aliphatic rings. The molecule has 0 saturated carbocycles. The summed E-state index contributed by atoms with van der Waals surface area (Å²) >= 11 is 0. The fourth-order valence-corrected chi connectivity index (χ4v) is 0.954. The molecule has 1 aromatic rings. The van der Waals surface area contributed by atoms with Gasteiger partial charge in [0.25, 0.3) is 0 Å². The molecule has 1 N–H and O–H groups in total. The van der Waals surface area contributed by atoms with E-state index in [0.717, 1.165) is 5.23 Å². The van der Waals surface area contributed by atoms with Crippen molar-refractivity contribution in [3.8, 4) is 0 Å². The summed E-state index contributed by atoms with van der Waals surface area (Å²) in [5, 5.41) is 10.5. The molecular weight excluding hydrogens is 194 g/mol. The molecule has 0 amide bonds. The van der Waals surface area contributed by atoms with Crippen LogP contribution in [0.2, 0.25) is 0 Å². The quantitative estimate of drug-likeness (QED) is 0.780. The van der Waals surface area contributed by atoms with E-state index in [2.05, 4.69) is 0 Å². The highest BCUT2D eigenvalue weighted by atomic mass is 16.9. The van der Waals surface area contributed by atoms with E-state index in [1.54, 1.807) is 13.0 Å². The molecule has 86 valence electrons. The number of aryl methyl sites for hydroxylation is 1. The monoisotopic (exact) mass is 213 g/mol. The average molecular weight is 213 g/mol. The van der Waals surface area contributed by atoms with Crippen LogP contribution in [0.15, 0.2) is 16.7 Å². The third-order valence-corrected chi connectivity index (χ3v) is 2.75. The summed E-state index contributed by atoms with van der Waals surface area (Å²) in [6, 6.07) is 1.66. The number of hydrogen-bond donors (Lipinski definition) is 1. The largest absolute Gasteiger partial charge is 0.467 e. The zero-order chi connectivity index (χ0) is 11.6. The molecule has 1 rings (SSSR count). The minimum atomic E-state index is -0.432. The highest BCUT2D eigenvalue weighted by Crippen LogP contribution is 2.26. The summed E-state index contributed by atoms with van der Waals surface area (Å²) in [6.45, 7) is 9.70. The molecule has 1 aromatic heterocycles. The highest BCUT2D eigenvalue weighted by Gasteiger charge is 2.27. The molecule has 0 spiro atoms. The number of hydrogen-bond acceptors (Lipinski definition) is 4. The molecule has 0 aliphatic carbocycles. The molecule has 0 saturated heterocycles. The smallest absolute Gasteiger partial charge is 0.135 e. The molecule has 1 heterocycles. The Kier molecular flexibility index (Phi) is 3.42. The van der Waals surface area contributed by atoms with Crippen LogP contribution >= 0.6 is 0 Å². The number of furan rings is 1. The van der Waals surface area contributed by atoms with Crippen molar-refractivity contribution in [1.29, 1.82) is 0 Å². The normalized spacial score (nSPS) is 12.2. The van der Waals surface area contributed by atoms with Gasteiger partial charge in [-0.05, 0) is 26.7 Å². The molecule has 4 heteroatoms. The Hall–Kier alpha value is -1.00. The minimum Gasteiger partial charge on any atom is -0.467 e. The third kappa shape index (κ3) is 2.73. The Labute approximate surface area is 90.4 Å². The van der Waals surface area contributed by atoms with E-state index in [9.17, 15) is 5.21 Å². The number of anilines is 1. The van der Waals surface area contributed by atoms with Crippen LogP contribution in [-0.2, 0) is 4.84 Å². The lowest BCUT2D eigenvalue weighted by Gasteiger charge is -2.32. The lowest BCUT2D eigenvalue weighted by atomic mass is 9.95. The van der Waals surface area contributed by atoms with Crippen molar-refractivity contribution in [3.05, 3.63) is 18.1 Å². The van der Waals surface area contributed by atoms with Gasteiger partial charge in [0.2, 0.25) is 0 Å². The van der Waals surface area contributed by atoms with Crippen LogP contribution < -0.4 is 5.23 Å². The zero-order valence-corrected chi connectivity index (χ0v) is 9.94. The van der Waals surface area contributed by atoms with Crippen LogP contribution in [0.4, 0.5) is 5.69 Å². The predicted octanol–water partition coefficient (Wildman–Crippen LogP) is 3.15. The summed E-state index contributed by atoms with van der Waals surface area (Å²) in [4.78, 5) is 5.45. The van der Waals surface area contributed by atoms with Gasteiger partial charge in [-0.25, -0.2) is 4.84 Å². The first-order chi connectivity index (χ1) is 6.84. The Morgan fingerprint density at radius 2 is 2.07 bits per heavy atom. The van der Waals surface area contributed by atoms with Gasteiger partial charge < -0.3 is 4.42 Å². The second-order valence-corrected chi connectivity index (χ2v) is 4.48. The van der Waals surface area contributed by atoms with Gasteiger partial charge in [0.1, 0.15) is 11.4 Å². The summed E-state index contributed by atoms with van der Waals surface area (Å²) in [6.07, 6.45) is 1.51. The molecule has 0 bridgehead atoms. The Bertz CT molecular complexity index is 317. The van der Waals surface area contributed by atoms with Crippen LogP contribution in [0.1, 0.15) is 33.5 Å². The van der Waals surface area contributed by atoms with E-state index >= 15 is 0 Å². The standard InChI is InChI=1S/C11H19NO3/c1-8(2)11(4,5)15-12(13)10-6-7-14-9(10)3/h6-8,13H,1-5H3. The topological polar surface area (TPSA) is 45.8 Å². The van der Waals surface area contributed by atoms with E-state index < -0.39 is 5.60 Å². The predicted molar refractivity (Wildman–Crippen MR) is 57.7 cm³/mol. The molecule has 0 aromatic carbocycles. The first-order valence-electron chi connectivity index (χ1n) is 5.07. The van der Waals surface area contributed by atoms with Gasteiger partial charge in [-0.2, -0.15) is 0 Å². The van der Waals surface area contributed by atoms with E-state index in [4.69, 9.17) is 9.25 Å². The number of rotatable bonds is 4. The Morgan fingerprint density at radius 1 is 1.47 bits per heavy atom. The molecule has 0 radical (unpaired) electrons. The second kappa shape index (κ2) is 4.24. The van der Waals surface area contributed by atoms with Crippen molar-refractivity contribution in [1.82, 2.24) is 0 Å². The second-order valence-electron chi connectivity index (χ2n) is 4.48. The SMILES string of the molecule is Cc1occc1N(O)OC(C)(C)C(C)C. The van der Waals surface area contributed by atoms with Crippen LogP contribution in [0.3, 0.4) is 0 Å². The van der Waals surface area contributed by atoms with Crippen LogP contribution in [0.25, 0.3) is 0 Å². The first kappa shape index (κ1) is 12.1. The van der Waals surface area contributed by atoms with Gasteiger partial charge in [0.05, 0.1) is 11.9 Å². The fraction of sp³-hybridized carbons (Fsp3) is 0.636. The Morgan fingerprint density at radius 3 is 2.47 bits per heavy atom. The van der Waals surface area contributed by atoms with Crippen LogP contribution in [0.5, 0.6) is 0 Å². The molecular formula is C11H19NO3. The molecule has 0 aliphatic heterocycles. The number of nitrogens with zero attached hydrogens (tertiary/aromatic N) is 1. The summed E-state index contributed by atoms with van der Waals surface area (Å²) in [5.74, 6) is 0.913. The molecule has 15 heavy (non-hydrogen) atoms. The van der Waals surface area contributed by atoms with Crippen molar-refractivity contribution in [2.45, 2.75) is 40.2 Å². The van der Waals surface area contributed by atoms with Crippen molar-refractivity contribution in [3.63, 3.8) is 0 Å². The lowest BCUT2D eigenvalue weighted by Crippen LogP contribution is -2.38. The van der Waals surface area contributed by atoms with Crippen molar-refractivity contribution in [2.75, 3.05) is 5.23 Å². The van der Waals surface area contributed by atoms with Crippen molar-refractivity contribution in [2.24, 2.45) is 5.92 Å². The lowest BCUT2D eigenvalue weighted by molar-refractivity contribution is -0.146. The van der Waals surface area contributed by atoms with Gasteiger partial charge in [-0.3, -0.25) is 5.21 Å². The van der Waals surface area contributed by atoms with E-state index in [1.807, 2.05) is 27.7 Å². The first-order valence-corrected chi connectivity index (χ1v) is 5.07. The van der Waals surface area contributed by atoms with Crippen molar-refractivity contribution >= 4 is 5.69 Å². The van der Waals surface area contributed by atoms with Gasteiger partial charge in [0.15, 0.2) is 0 Å². The minimum absolute atomic E-state index is 0.291.